The van der Waals surface area contributed by atoms with Crippen molar-refractivity contribution in [3.05, 3.63) is 0 Å². The Morgan fingerprint density at radius 1 is 0.444 bits per heavy atom. The number of methoxy groups -OCH3 is 8. The minimum absolute atomic E-state index is 0.0789. The van der Waals surface area contributed by atoms with Gasteiger partial charge in [0.25, 0.3) is 0 Å². The van der Waals surface area contributed by atoms with Crippen LogP contribution in [0.3, 0.4) is 0 Å². The fourth-order valence-electron chi connectivity index (χ4n) is 8.82. The molecule has 0 aromatic heterocycles. The largest absolute Gasteiger partial charge is 0.391 e. The van der Waals surface area contributed by atoms with Crippen LogP contribution in [-0.2, 0) is 71.1 Å². The maximum atomic E-state index is 10.1. The molecular weight excluding hydrogens is 933 g/mol. The second kappa shape index (κ2) is 45.3. The lowest BCUT2D eigenvalue weighted by Gasteiger charge is -2.36. The Hall–Kier alpha value is -0.680. The van der Waals surface area contributed by atoms with Crippen LogP contribution >= 0.6 is 0 Å². The number of epoxide rings is 3. The minimum atomic E-state index is -0.417. The minimum Gasteiger partial charge on any atom is -0.391 e. The molecule has 0 aromatic rings. The number of aliphatic hydroxyl groups excluding tert-OH is 2. The molecule has 7 aliphatic rings. The second-order valence-electron chi connectivity index (χ2n) is 19.9. The van der Waals surface area contributed by atoms with E-state index >= 15 is 0 Å². The van der Waals surface area contributed by atoms with Gasteiger partial charge in [0.2, 0.25) is 0 Å². The molecule has 0 spiro atoms. The fraction of sp³-hybridized carbons (Fsp3) is 1.00. The first kappa shape index (κ1) is 69.3. The zero-order valence-corrected chi connectivity index (χ0v) is 47.8. The second-order valence-corrected chi connectivity index (χ2v) is 19.9. The van der Waals surface area contributed by atoms with Crippen molar-refractivity contribution in [3.8, 4) is 0 Å². The van der Waals surface area contributed by atoms with Crippen LogP contribution in [0, 0.1) is 5.92 Å². The molecule has 72 heavy (non-hydrogen) atoms. The summed E-state index contributed by atoms with van der Waals surface area (Å²) in [6, 6.07) is 0. The van der Waals surface area contributed by atoms with Crippen LogP contribution in [0.4, 0.5) is 0 Å². The Morgan fingerprint density at radius 3 is 1.10 bits per heavy atom. The molecule has 15 atom stereocenters. The van der Waals surface area contributed by atoms with E-state index in [1.54, 1.807) is 63.8 Å². The molecule has 7 fully saturated rings. The van der Waals surface area contributed by atoms with Gasteiger partial charge in [-0.1, -0.05) is 52.4 Å². The molecule has 3 heterocycles. The summed E-state index contributed by atoms with van der Waals surface area (Å²) in [6.07, 6.45) is 22.5. The number of hydrogen-bond donors (Lipinski definition) is 2. The topological polar surface area (TPSA) is 189 Å². The van der Waals surface area contributed by atoms with E-state index in [1.807, 2.05) is 13.8 Å². The summed E-state index contributed by atoms with van der Waals surface area (Å²) in [5.41, 5.74) is 0. The molecule has 4 saturated carbocycles. The van der Waals surface area contributed by atoms with Gasteiger partial charge in [0.1, 0.15) is 12.2 Å². The van der Waals surface area contributed by atoms with Gasteiger partial charge in [-0.05, 0) is 97.3 Å². The molecule has 3 saturated heterocycles. The van der Waals surface area contributed by atoms with Gasteiger partial charge in [-0.15, -0.1) is 0 Å². The van der Waals surface area contributed by atoms with Crippen molar-refractivity contribution >= 4 is 0 Å². The molecule has 432 valence electrons. The van der Waals surface area contributed by atoms with Gasteiger partial charge in [-0.2, -0.15) is 0 Å². The molecule has 2 N–H and O–H groups in total. The fourth-order valence-corrected chi connectivity index (χ4v) is 8.82. The zero-order valence-electron chi connectivity index (χ0n) is 47.8. The van der Waals surface area contributed by atoms with Crippen LogP contribution in [0.1, 0.15) is 144 Å². The lowest BCUT2D eigenvalue weighted by molar-refractivity contribution is -0.0949. The van der Waals surface area contributed by atoms with E-state index in [2.05, 4.69) is 13.8 Å². The van der Waals surface area contributed by atoms with Gasteiger partial charge >= 0.3 is 0 Å². The van der Waals surface area contributed by atoms with E-state index in [4.69, 9.17) is 76.2 Å². The zero-order chi connectivity index (χ0) is 53.4. The summed E-state index contributed by atoms with van der Waals surface area (Å²) in [4.78, 5) is 0. The number of hydrogen-bond acceptors (Lipinski definition) is 17. The molecule has 7 rings (SSSR count). The third kappa shape index (κ3) is 35.6. The summed E-state index contributed by atoms with van der Waals surface area (Å²) in [6.45, 7) is 17.0. The summed E-state index contributed by atoms with van der Waals surface area (Å²) >= 11 is 0. The quantitative estimate of drug-likeness (QED) is 0.0704. The molecular formula is C55H110O17. The molecule has 0 amide bonds. The Bertz CT molecular complexity index is 1070. The molecule has 17 nitrogen and oxygen atoms in total. The Balaban J connectivity index is 0.000000433. The van der Waals surface area contributed by atoms with E-state index in [9.17, 15) is 5.11 Å². The maximum Gasteiger partial charge on any atom is 0.104 e. The van der Waals surface area contributed by atoms with Crippen LogP contribution in [0.2, 0.25) is 0 Å². The van der Waals surface area contributed by atoms with Crippen molar-refractivity contribution in [2.45, 2.75) is 229 Å². The number of aliphatic hydroxyl groups is 2. The molecule has 0 aromatic carbocycles. The molecule has 3 aliphatic heterocycles. The highest BCUT2D eigenvalue weighted by molar-refractivity contribution is 4.85. The van der Waals surface area contributed by atoms with Crippen molar-refractivity contribution in [2.75, 3.05) is 123 Å². The predicted molar refractivity (Wildman–Crippen MR) is 280 cm³/mol. The highest BCUT2D eigenvalue weighted by Gasteiger charge is 2.35. The first-order chi connectivity index (χ1) is 34.9. The molecule has 4 aliphatic carbocycles. The standard InChI is InChI=1S/C13H24O5.C9H18O3.3C8H16O2.C6H14O2.C3H6O/c1-15-12-4-3-9(5-13(12)16-2)11(14)8-17-6-10-7-18-10;1-3-4-11-8(2)5-10-6-9-7-12-9;3*1-9-7-5-3-4-6-8(7)10-2;1-3-4-8-5-6(2)7;1-3-2-4-3/h9-14H,3-8H2,1-2H3;8-9H,3-7H2,1-2H3;3*7-8H,3-6H2,1-2H3;6-7H,3-5H2,1-2H3;3H,2H2,1H3. The van der Waals surface area contributed by atoms with Gasteiger partial charge in [0, 0.05) is 70.1 Å². The summed E-state index contributed by atoms with van der Waals surface area (Å²) in [5.74, 6) is 0.237. The van der Waals surface area contributed by atoms with Gasteiger partial charge < -0.3 is 81.3 Å². The van der Waals surface area contributed by atoms with Crippen LogP contribution in [0.5, 0.6) is 0 Å². The van der Waals surface area contributed by atoms with Gasteiger partial charge in [-0.3, -0.25) is 0 Å². The van der Waals surface area contributed by atoms with Gasteiger partial charge in [0.15, 0.2) is 0 Å². The highest BCUT2D eigenvalue weighted by Crippen LogP contribution is 2.31. The van der Waals surface area contributed by atoms with Crippen LogP contribution < -0.4 is 0 Å². The van der Waals surface area contributed by atoms with E-state index < -0.39 is 6.10 Å². The summed E-state index contributed by atoms with van der Waals surface area (Å²) < 4.78 is 78.4. The van der Waals surface area contributed by atoms with Crippen molar-refractivity contribution in [1.29, 1.82) is 0 Å². The smallest absolute Gasteiger partial charge is 0.104 e. The number of rotatable bonds is 24. The van der Waals surface area contributed by atoms with Crippen molar-refractivity contribution in [2.24, 2.45) is 5.92 Å². The van der Waals surface area contributed by atoms with E-state index in [0.29, 0.717) is 75.3 Å². The third-order valence-corrected chi connectivity index (χ3v) is 13.5. The lowest BCUT2D eigenvalue weighted by atomic mass is 9.82. The molecule has 17 heteroatoms. The van der Waals surface area contributed by atoms with Crippen molar-refractivity contribution < 1.29 is 81.3 Å². The Labute approximate surface area is 438 Å². The van der Waals surface area contributed by atoms with Crippen molar-refractivity contribution in [3.63, 3.8) is 0 Å². The van der Waals surface area contributed by atoms with Crippen LogP contribution in [-0.4, -0.2) is 219 Å². The van der Waals surface area contributed by atoms with E-state index in [1.165, 1.54) is 38.5 Å². The predicted octanol–water partition coefficient (Wildman–Crippen LogP) is 7.78. The van der Waals surface area contributed by atoms with E-state index in [0.717, 1.165) is 110 Å². The summed E-state index contributed by atoms with van der Waals surface area (Å²) in [5, 5.41) is 18.8. The Morgan fingerprint density at radius 2 is 0.792 bits per heavy atom. The normalized spacial score (nSPS) is 31.4. The van der Waals surface area contributed by atoms with Crippen LogP contribution in [0.15, 0.2) is 0 Å². The van der Waals surface area contributed by atoms with Gasteiger partial charge in [0.05, 0.1) is 126 Å². The van der Waals surface area contributed by atoms with Crippen LogP contribution in [0.25, 0.3) is 0 Å². The third-order valence-electron chi connectivity index (χ3n) is 13.5. The average Bonchev–Trinajstić information content (AvgIpc) is 4.29. The summed E-state index contributed by atoms with van der Waals surface area (Å²) in [7, 11) is 14.0. The average molecular weight is 1040 g/mol. The maximum absolute atomic E-state index is 10.1. The first-order valence-corrected chi connectivity index (χ1v) is 27.7. The highest BCUT2D eigenvalue weighted by atomic mass is 16.6. The monoisotopic (exact) mass is 1040 g/mol. The van der Waals surface area contributed by atoms with E-state index in [-0.39, 0.29) is 36.4 Å². The molecule has 0 radical (unpaired) electrons. The molecule has 15 unspecified atom stereocenters. The van der Waals surface area contributed by atoms with Gasteiger partial charge in [-0.25, -0.2) is 0 Å². The SMILES string of the molecule is CC1CO1.CCCOC(C)COCC1CO1.CCCOCC(C)O.COC1CCC(C(O)COCC2CO2)CC1OC.COC1CCCCC1OC.COC1CCCCC1OC.COC1CCCCC1OC. The lowest BCUT2D eigenvalue weighted by Crippen LogP contribution is -2.41. The molecule has 0 bridgehead atoms. The number of ether oxygens (including phenoxy) is 15. The Kier molecular flexibility index (Phi) is 43.7. The van der Waals surface area contributed by atoms with Crippen molar-refractivity contribution in [1.82, 2.24) is 0 Å². The first-order valence-electron chi connectivity index (χ1n) is 27.7.